The molecule has 0 radical (unpaired) electrons. The first-order valence-corrected chi connectivity index (χ1v) is 47.4. The lowest BCUT2D eigenvalue weighted by Crippen LogP contribution is -2.24. The topological polar surface area (TPSA) is 345 Å². The molecule has 764 valence electrons. The second-order valence-corrected chi connectivity index (χ2v) is 36.4. The van der Waals surface area contributed by atoms with Crippen molar-refractivity contribution in [3.8, 4) is 45.0 Å². The number of benzene rings is 9. The van der Waals surface area contributed by atoms with E-state index in [9.17, 15) is 106 Å². The monoisotopic (exact) mass is 2050 g/mol. The molecular weight excluding hydrogens is 1950 g/mol. The average Bonchev–Trinajstić information content (AvgIpc) is 1.67. The fourth-order valence-corrected chi connectivity index (χ4v) is 16.9. The van der Waals surface area contributed by atoms with Crippen LogP contribution in [0.3, 0.4) is 0 Å². The SMILES string of the molecule is CC(C)(C)OC(=O)CCSCc1cccc(C(=O)Nc2ccc(N3CCCC3)cc2-c2cc(C(=O)NCc3cccc(C(F)(F)F)c3)ccn2)c1.Nc1ccc(N2CCCC2)cc1-c1cc(C(=O)NCc2cccc(C(F)(F)F)c2)ccn1.O=C(NCc1cccc(C(F)(F)F)c1)c1ccnc(-c2cc(F)ccc2[N+](=O)[O-])c1.O=C(NCc1cccc(C(F)(F)F)c1)c1ccnc(-c2cc(N3CCCC3)ccc2[N+](=O)[O-])c1. The number of pyridine rings is 4. The fourth-order valence-electron chi connectivity index (χ4n) is 16.1. The quantitative estimate of drug-likeness (QED) is 0.00662. The van der Waals surface area contributed by atoms with Gasteiger partial charge in [0.25, 0.3) is 40.9 Å². The number of anilines is 5. The van der Waals surface area contributed by atoms with Gasteiger partial charge in [0.1, 0.15) is 11.4 Å². The Morgan fingerprint density at radius 2 is 0.694 bits per heavy atom. The van der Waals surface area contributed by atoms with E-state index in [1.807, 2.05) is 75.4 Å². The molecule has 3 saturated heterocycles. The van der Waals surface area contributed by atoms with Gasteiger partial charge in [-0.3, -0.25) is 68.9 Å². The molecule has 0 aliphatic carbocycles. The number of nitrogens with zero attached hydrogens (tertiary/aromatic N) is 9. The number of rotatable bonds is 28. The Labute approximate surface area is 839 Å². The van der Waals surface area contributed by atoms with Gasteiger partial charge in [-0.25, -0.2) is 4.39 Å². The molecule has 13 aromatic rings. The molecule has 16 rings (SSSR count). The molecule has 9 aromatic carbocycles. The highest BCUT2D eigenvalue weighted by atomic mass is 32.2. The second-order valence-electron chi connectivity index (χ2n) is 35.2. The van der Waals surface area contributed by atoms with Gasteiger partial charge >= 0.3 is 30.7 Å². The first kappa shape index (κ1) is 108. The van der Waals surface area contributed by atoms with E-state index < -0.39 is 91.9 Å². The number of esters is 1. The number of carbonyl (C=O) groups is 6. The molecule has 7 heterocycles. The molecule has 3 aliphatic rings. The Balaban J connectivity index is 0.000000168. The number of halogens is 13. The van der Waals surface area contributed by atoms with E-state index in [-0.39, 0.29) is 88.6 Å². The van der Waals surface area contributed by atoms with E-state index in [1.165, 1.54) is 110 Å². The molecule has 3 fully saturated rings. The van der Waals surface area contributed by atoms with Crippen LogP contribution >= 0.6 is 11.8 Å². The molecule has 4 aromatic heterocycles. The molecule has 0 unspecified atom stereocenters. The van der Waals surface area contributed by atoms with Crippen molar-refractivity contribution in [2.75, 3.05) is 70.8 Å². The van der Waals surface area contributed by atoms with E-state index in [0.717, 1.165) is 173 Å². The smallest absolute Gasteiger partial charge is 0.416 e. The zero-order chi connectivity index (χ0) is 105. The number of carbonyl (C=O) groups excluding carboxylic acids is 6. The lowest BCUT2D eigenvalue weighted by atomic mass is 10.0. The minimum atomic E-state index is -4.50. The van der Waals surface area contributed by atoms with Crippen molar-refractivity contribution in [3.63, 3.8) is 0 Å². The van der Waals surface area contributed by atoms with Gasteiger partial charge in [0.2, 0.25) is 0 Å². The van der Waals surface area contributed by atoms with Crippen LogP contribution < -0.4 is 47.0 Å². The fraction of sp³-hybridized carbons (Fsp3) is 0.252. The highest BCUT2D eigenvalue weighted by Gasteiger charge is 2.35. The summed E-state index contributed by atoms with van der Waals surface area (Å²) in [5.74, 6) is -2.10. The van der Waals surface area contributed by atoms with Gasteiger partial charge in [-0.15, -0.1) is 0 Å². The first-order chi connectivity index (χ1) is 69.9. The maximum absolute atomic E-state index is 13.6. The third kappa shape index (κ3) is 30.7. The molecule has 7 N–H and O–H groups in total. The van der Waals surface area contributed by atoms with Gasteiger partial charge in [-0.2, -0.15) is 64.4 Å². The van der Waals surface area contributed by atoms with Crippen LogP contribution in [-0.2, 0) is 66.2 Å². The number of nitro benzene ring substituents is 2. The van der Waals surface area contributed by atoms with Crippen molar-refractivity contribution in [1.29, 1.82) is 0 Å². The predicted molar refractivity (Wildman–Crippen MR) is 532 cm³/mol. The molecule has 0 saturated carbocycles. The lowest BCUT2D eigenvalue weighted by Gasteiger charge is -2.20. The summed E-state index contributed by atoms with van der Waals surface area (Å²) in [4.78, 5) is 122. The number of alkyl halides is 12. The zero-order valence-electron chi connectivity index (χ0n) is 79.3. The Morgan fingerprint density at radius 1 is 0.374 bits per heavy atom. The van der Waals surface area contributed by atoms with Gasteiger partial charge in [-0.05, 0) is 257 Å². The largest absolute Gasteiger partial charge is 0.460 e. The van der Waals surface area contributed by atoms with Crippen LogP contribution in [0, 0.1) is 26.0 Å². The minimum absolute atomic E-state index is 0.00733. The van der Waals surface area contributed by atoms with E-state index in [4.69, 9.17) is 10.5 Å². The number of amides is 5. The van der Waals surface area contributed by atoms with E-state index in [0.29, 0.717) is 79.6 Å². The summed E-state index contributed by atoms with van der Waals surface area (Å²) in [5, 5.41) is 36.3. The van der Waals surface area contributed by atoms with Crippen LogP contribution in [0.1, 0.15) is 168 Å². The number of nitro groups is 2. The predicted octanol–water partition coefficient (Wildman–Crippen LogP) is 23.3. The van der Waals surface area contributed by atoms with Crippen LogP contribution in [0.15, 0.2) is 267 Å². The standard InChI is InChI=1S/C39H41F3N4O4S.C24H21F3N4O3.C24H23F3N4O.C20H13F4N3O3/c1-38(2,3)50-35(47)15-19-51-25-27-9-6-10-28(20-27)37(49)45-33-13-12-31(46-17-4-5-18-46)23-32(33)34-22-29(14-16-43-34)36(48)44-24-26-8-7-11-30(21-26)39(40,41)42;25-24(26,27)18-5-3-4-16(12-18)15-29-23(32)17-8-9-28-21(13-17)20-14-19(30-10-1-2-11-30)6-7-22(20)31(33)34;25-24(26,27)18-5-3-4-16(12-18)15-30-23(32)17-8-9-29-22(13-17)20-14-19(6-7-21(20)28)31-10-1-2-11-31;21-15-4-5-18(27(29)30)16(10-15)17-9-13(6-7-25-17)19(28)26-11-12-2-1-3-14(8-12)20(22,23)24/h6-14,16,20-23H,4-5,15,17-19,24-25H2,1-3H3,(H,44,48)(H,45,49);3-9,12-14H,1-2,10-11,15H2,(H,29,32);3-9,12-14H,1-2,10-11,15,28H2,(H,30,32);1-10H,11H2,(H,26,28). The maximum atomic E-state index is 13.6. The summed E-state index contributed by atoms with van der Waals surface area (Å²) in [6.07, 6.45) is -5.42. The first-order valence-electron chi connectivity index (χ1n) is 46.3. The van der Waals surface area contributed by atoms with Crippen molar-refractivity contribution in [3.05, 3.63) is 371 Å². The van der Waals surface area contributed by atoms with E-state index in [2.05, 4.69) is 61.2 Å². The molecular formula is C107H98F13N15O11S. The molecule has 147 heavy (non-hydrogen) atoms. The molecule has 0 atom stereocenters. The zero-order valence-corrected chi connectivity index (χ0v) is 80.1. The van der Waals surface area contributed by atoms with Gasteiger partial charge in [-0.1, -0.05) is 60.7 Å². The Kier molecular flexibility index (Phi) is 35.7. The molecule has 3 aliphatic heterocycles. The summed E-state index contributed by atoms with van der Waals surface area (Å²) < 4.78 is 174. The maximum Gasteiger partial charge on any atom is 0.416 e. The summed E-state index contributed by atoms with van der Waals surface area (Å²) in [6.45, 7) is 10.6. The summed E-state index contributed by atoms with van der Waals surface area (Å²) in [6, 6.07) is 57.3. The van der Waals surface area contributed by atoms with Crippen molar-refractivity contribution in [1.82, 2.24) is 41.2 Å². The van der Waals surface area contributed by atoms with Gasteiger partial charge < -0.3 is 51.8 Å². The van der Waals surface area contributed by atoms with Crippen molar-refractivity contribution in [2.45, 2.75) is 128 Å². The number of nitrogens with one attached hydrogen (secondary N) is 5. The average molecular weight is 2050 g/mol. The van der Waals surface area contributed by atoms with E-state index in [1.54, 1.807) is 48.2 Å². The van der Waals surface area contributed by atoms with Gasteiger partial charge in [0, 0.05) is 176 Å². The minimum Gasteiger partial charge on any atom is -0.460 e. The summed E-state index contributed by atoms with van der Waals surface area (Å²) in [7, 11) is 0. The number of ether oxygens (including phenoxy) is 1. The summed E-state index contributed by atoms with van der Waals surface area (Å²) >= 11 is 1.58. The highest BCUT2D eigenvalue weighted by molar-refractivity contribution is 7.98. The number of nitrogen functional groups attached to an aromatic ring is 1. The summed E-state index contributed by atoms with van der Waals surface area (Å²) in [5.41, 5.74) is 12.3. The molecule has 26 nitrogen and oxygen atoms in total. The van der Waals surface area contributed by atoms with Crippen LogP contribution in [0.5, 0.6) is 0 Å². The Bertz CT molecular complexity index is 6950. The highest BCUT2D eigenvalue weighted by Crippen LogP contribution is 2.41. The number of hydrogen-bond donors (Lipinski definition) is 6. The third-order valence-electron chi connectivity index (χ3n) is 23.4. The number of thioether (sulfide) groups is 1. The molecule has 0 bridgehead atoms. The normalized spacial score (nSPS) is 13.0. The van der Waals surface area contributed by atoms with Gasteiger partial charge in [0.15, 0.2) is 0 Å². The van der Waals surface area contributed by atoms with Crippen molar-refractivity contribution < 1.29 is 100 Å². The van der Waals surface area contributed by atoms with Crippen molar-refractivity contribution >= 4 is 87.1 Å². The molecule has 0 spiro atoms. The van der Waals surface area contributed by atoms with Crippen LogP contribution in [0.4, 0.5) is 96.9 Å². The van der Waals surface area contributed by atoms with E-state index >= 15 is 0 Å². The van der Waals surface area contributed by atoms with Crippen LogP contribution in [0.25, 0.3) is 45.0 Å². The van der Waals surface area contributed by atoms with Crippen molar-refractivity contribution in [2.24, 2.45) is 0 Å². The molecule has 40 heteroatoms. The Morgan fingerprint density at radius 3 is 1.07 bits per heavy atom. The lowest BCUT2D eigenvalue weighted by molar-refractivity contribution is -0.384. The van der Waals surface area contributed by atoms with Gasteiger partial charge in [0.05, 0.1) is 78.1 Å². The number of aromatic nitrogens is 4. The third-order valence-corrected chi connectivity index (χ3v) is 24.4. The Hall–Kier alpha value is -16.2. The number of nitrogens with two attached hydrogens (primary N) is 1. The second kappa shape index (κ2) is 48.5. The van der Waals surface area contributed by atoms with Crippen LogP contribution in [0.2, 0.25) is 0 Å². The van der Waals surface area contributed by atoms with Crippen LogP contribution in [-0.4, -0.2) is 116 Å². The number of hydrogen-bond acceptors (Lipinski definition) is 20. The molecule has 5 amide bonds.